The van der Waals surface area contributed by atoms with E-state index >= 15 is 0 Å². The predicted molar refractivity (Wildman–Crippen MR) is 98.8 cm³/mol. The summed E-state index contributed by atoms with van der Waals surface area (Å²) in [6, 6.07) is 9.47. The molecule has 4 rings (SSSR count). The number of aromatic amines is 1. The van der Waals surface area contributed by atoms with Crippen LogP contribution in [-0.2, 0) is 9.59 Å². The van der Waals surface area contributed by atoms with Crippen molar-refractivity contribution in [2.45, 2.75) is 35.4 Å². The predicted octanol–water partition coefficient (Wildman–Crippen LogP) is 3.83. The maximum absolute atomic E-state index is 12.8. The van der Waals surface area contributed by atoms with E-state index in [1.54, 1.807) is 12.1 Å². The van der Waals surface area contributed by atoms with Crippen LogP contribution in [0.2, 0.25) is 5.02 Å². The zero-order valence-electron chi connectivity index (χ0n) is 13.5. The van der Waals surface area contributed by atoms with E-state index in [2.05, 4.69) is 10.3 Å². The Hall–Kier alpha value is -1.92. The highest BCUT2D eigenvalue weighted by Gasteiger charge is 2.35. The maximum Gasteiger partial charge on any atom is 0.238 e. The van der Waals surface area contributed by atoms with Gasteiger partial charge in [-0.05, 0) is 43.2 Å². The lowest BCUT2D eigenvalue weighted by Gasteiger charge is -2.28. The summed E-state index contributed by atoms with van der Waals surface area (Å²) in [6.07, 6.45) is 4.02. The number of likely N-dealkylation sites (tertiary alicyclic amines) is 1. The van der Waals surface area contributed by atoms with Crippen molar-refractivity contribution < 1.29 is 9.59 Å². The number of H-pyrrole nitrogens is 1. The zero-order valence-corrected chi connectivity index (χ0v) is 15.1. The lowest BCUT2D eigenvalue weighted by molar-refractivity contribution is -0.133. The van der Waals surface area contributed by atoms with E-state index in [9.17, 15) is 9.59 Å². The summed E-state index contributed by atoms with van der Waals surface area (Å²) in [5.41, 5.74) is 1.78. The molecule has 0 saturated carbocycles. The summed E-state index contributed by atoms with van der Waals surface area (Å²) in [6.45, 7) is 0.744. The Balaban J connectivity index is 1.47. The molecule has 3 heterocycles. The van der Waals surface area contributed by atoms with E-state index in [0.717, 1.165) is 35.7 Å². The van der Waals surface area contributed by atoms with E-state index < -0.39 is 5.25 Å². The molecule has 0 unspecified atom stereocenters. The number of carbonyl (C=O) groups excluding carboxylic acids is 2. The summed E-state index contributed by atoms with van der Waals surface area (Å²) in [4.78, 5) is 31.3. The van der Waals surface area contributed by atoms with Crippen LogP contribution >= 0.6 is 23.4 Å². The Morgan fingerprint density at radius 1 is 1.36 bits per heavy atom. The minimum atomic E-state index is -0.411. The number of carbonyl (C=O) groups is 2. The van der Waals surface area contributed by atoms with Crippen molar-refractivity contribution in [3.63, 3.8) is 0 Å². The molecule has 1 fully saturated rings. The normalized spacial score (nSPS) is 22.6. The Morgan fingerprint density at radius 3 is 3.04 bits per heavy atom. The molecule has 0 bridgehead atoms. The minimum Gasteiger partial charge on any atom is -0.363 e. The van der Waals surface area contributed by atoms with E-state index in [1.807, 2.05) is 29.3 Å². The second-order valence-corrected chi connectivity index (χ2v) is 7.99. The third kappa shape index (κ3) is 3.28. The fourth-order valence-electron chi connectivity index (χ4n) is 3.47. The van der Waals surface area contributed by atoms with Crippen molar-refractivity contribution in [2.24, 2.45) is 0 Å². The summed E-state index contributed by atoms with van der Waals surface area (Å²) >= 11 is 7.41. The van der Waals surface area contributed by atoms with Crippen LogP contribution in [0.4, 0.5) is 5.69 Å². The Kier molecular flexibility index (Phi) is 4.48. The number of anilines is 1. The summed E-state index contributed by atoms with van der Waals surface area (Å²) < 4.78 is 0. The molecule has 0 aliphatic carbocycles. The number of fused-ring (bicyclic) bond motifs is 1. The van der Waals surface area contributed by atoms with Crippen molar-refractivity contribution in [1.82, 2.24) is 9.88 Å². The van der Waals surface area contributed by atoms with Crippen molar-refractivity contribution in [3.05, 3.63) is 47.2 Å². The molecule has 2 N–H and O–H groups in total. The van der Waals surface area contributed by atoms with Gasteiger partial charge in [0, 0.05) is 34.8 Å². The first kappa shape index (κ1) is 16.5. The first-order valence-electron chi connectivity index (χ1n) is 8.31. The number of halogens is 1. The number of hydrogen-bond acceptors (Lipinski definition) is 3. The van der Waals surface area contributed by atoms with Gasteiger partial charge in [0.2, 0.25) is 11.8 Å². The third-order valence-electron chi connectivity index (χ3n) is 4.68. The van der Waals surface area contributed by atoms with Crippen LogP contribution in [0.5, 0.6) is 0 Å². The van der Waals surface area contributed by atoms with Gasteiger partial charge >= 0.3 is 0 Å². The maximum atomic E-state index is 12.8. The molecule has 2 aliphatic heterocycles. The van der Waals surface area contributed by atoms with Crippen LogP contribution in [-0.4, -0.2) is 33.5 Å². The van der Waals surface area contributed by atoms with Gasteiger partial charge < -0.3 is 15.2 Å². The highest BCUT2D eigenvalue weighted by atomic mass is 35.5. The third-order valence-corrected chi connectivity index (χ3v) is 6.19. The molecular formula is C18H18ClN3O2S. The summed E-state index contributed by atoms with van der Waals surface area (Å²) in [7, 11) is 0. The second-order valence-electron chi connectivity index (χ2n) is 6.31. The van der Waals surface area contributed by atoms with Gasteiger partial charge in [-0.2, -0.15) is 0 Å². The van der Waals surface area contributed by atoms with Gasteiger partial charge in [0.15, 0.2) is 0 Å². The largest absolute Gasteiger partial charge is 0.363 e. The lowest BCUT2D eigenvalue weighted by atomic mass is 10.1. The molecule has 2 aliphatic rings. The smallest absolute Gasteiger partial charge is 0.238 e. The molecule has 2 aromatic rings. The molecule has 2 amide bonds. The van der Waals surface area contributed by atoms with Crippen LogP contribution in [0, 0.1) is 0 Å². The van der Waals surface area contributed by atoms with Crippen LogP contribution in [0.1, 0.15) is 31.0 Å². The summed E-state index contributed by atoms with van der Waals surface area (Å²) in [5.74, 6) is -0.106. The van der Waals surface area contributed by atoms with E-state index in [-0.39, 0.29) is 24.3 Å². The lowest BCUT2D eigenvalue weighted by Crippen LogP contribution is -2.37. The quantitative estimate of drug-likeness (QED) is 0.856. The molecular weight excluding hydrogens is 358 g/mol. The molecule has 5 nitrogen and oxygen atoms in total. The first-order valence-corrected chi connectivity index (χ1v) is 9.57. The van der Waals surface area contributed by atoms with Gasteiger partial charge in [0.25, 0.3) is 0 Å². The Labute approximate surface area is 155 Å². The second kappa shape index (κ2) is 6.77. The standard InChI is InChI=1S/C18H18ClN3O2S/c19-11-5-6-15-13(9-11)21-18(24)16(25-15)10-17(23)22-8-2-4-14(22)12-3-1-7-20-12/h1,3,5-7,9,14,16,20H,2,4,8,10H2,(H,21,24)/t14-,16-/m1/s1. The molecule has 0 spiro atoms. The van der Waals surface area contributed by atoms with Gasteiger partial charge in [0.05, 0.1) is 17.0 Å². The number of nitrogens with one attached hydrogen (secondary N) is 2. The van der Waals surface area contributed by atoms with Gasteiger partial charge in [-0.1, -0.05) is 11.6 Å². The van der Waals surface area contributed by atoms with Gasteiger partial charge in [0.1, 0.15) is 0 Å². The first-order chi connectivity index (χ1) is 12.1. The van der Waals surface area contributed by atoms with Crippen molar-refractivity contribution in [1.29, 1.82) is 0 Å². The fourth-order valence-corrected chi connectivity index (χ4v) is 4.73. The van der Waals surface area contributed by atoms with Crippen LogP contribution in [0.3, 0.4) is 0 Å². The molecule has 25 heavy (non-hydrogen) atoms. The topological polar surface area (TPSA) is 65.2 Å². The van der Waals surface area contributed by atoms with E-state index in [1.165, 1.54) is 11.8 Å². The number of hydrogen-bond donors (Lipinski definition) is 2. The number of thioether (sulfide) groups is 1. The van der Waals surface area contributed by atoms with Gasteiger partial charge in [-0.25, -0.2) is 0 Å². The highest BCUT2D eigenvalue weighted by molar-refractivity contribution is 8.01. The Morgan fingerprint density at radius 2 is 2.24 bits per heavy atom. The zero-order chi connectivity index (χ0) is 17.4. The molecule has 7 heteroatoms. The number of aromatic nitrogens is 1. The van der Waals surface area contributed by atoms with Crippen LogP contribution in [0.15, 0.2) is 41.4 Å². The Bertz CT molecular complexity index is 809. The molecule has 130 valence electrons. The van der Waals surface area contributed by atoms with Crippen molar-refractivity contribution >= 4 is 40.9 Å². The number of rotatable bonds is 3. The minimum absolute atomic E-state index is 0.0298. The molecule has 1 aromatic heterocycles. The van der Waals surface area contributed by atoms with E-state index in [0.29, 0.717) is 5.02 Å². The number of nitrogens with zero attached hydrogens (tertiary/aromatic N) is 1. The van der Waals surface area contributed by atoms with Crippen LogP contribution in [0.25, 0.3) is 0 Å². The van der Waals surface area contributed by atoms with Crippen molar-refractivity contribution in [3.8, 4) is 0 Å². The number of benzene rings is 1. The molecule has 1 aromatic carbocycles. The van der Waals surface area contributed by atoms with Gasteiger partial charge in [-0.15, -0.1) is 11.8 Å². The van der Waals surface area contributed by atoms with Crippen molar-refractivity contribution in [2.75, 3.05) is 11.9 Å². The van der Waals surface area contributed by atoms with Gasteiger partial charge in [-0.3, -0.25) is 9.59 Å². The average molecular weight is 376 g/mol. The monoisotopic (exact) mass is 375 g/mol. The summed E-state index contributed by atoms with van der Waals surface area (Å²) in [5, 5.41) is 3.04. The molecule has 0 radical (unpaired) electrons. The SMILES string of the molecule is O=C1Nc2cc(Cl)ccc2S[C@@H]1CC(=O)N1CCC[C@@H]1c1ccc[nH]1. The average Bonchev–Trinajstić information content (AvgIpc) is 3.26. The molecule has 2 atom stereocenters. The number of amides is 2. The highest BCUT2D eigenvalue weighted by Crippen LogP contribution is 2.39. The fraction of sp³-hybridized carbons (Fsp3) is 0.333. The molecule has 1 saturated heterocycles. The van der Waals surface area contributed by atoms with Crippen LogP contribution < -0.4 is 5.32 Å². The van der Waals surface area contributed by atoms with E-state index in [4.69, 9.17) is 11.6 Å².